The van der Waals surface area contributed by atoms with Crippen LogP contribution in [0, 0.1) is 0 Å². The third-order valence-electron chi connectivity index (χ3n) is 1.02. The van der Waals surface area contributed by atoms with Gasteiger partial charge in [-0.1, -0.05) is 0 Å². The molecule has 1 aromatic heterocycles. The molecule has 0 amide bonds. The van der Waals surface area contributed by atoms with Crippen LogP contribution < -0.4 is 10.5 Å². The number of pyridine rings is 1. The van der Waals surface area contributed by atoms with E-state index in [4.69, 9.17) is 10.5 Å². The Kier molecular flexibility index (Phi) is 1.53. The Balaban J connectivity index is 0.000000810. The molecule has 0 aliphatic rings. The molecule has 3 heteroatoms. The Labute approximate surface area is 55.0 Å². The lowest BCUT2D eigenvalue weighted by Gasteiger charge is -1.99. The first-order valence-electron chi connectivity index (χ1n) is 2.59. The van der Waals surface area contributed by atoms with Crippen molar-refractivity contribution < 1.29 is 6.16 Å². The molecular formula is C6H10N2O. The number of nitrogens with two attached hydrogens (primary N) is 1. The summed E-state index contributed by atoms with van der Waals surface area (Å²) >= 11 is 0. The van der Waals surface area contributed by atoms with Gasteiger partial charge in [-0.25, -0.2) is 4.98 Å². The zero-order chi connectivity index (χ0) is 6.69. The van der Waals surface area contributed by atoms with Crippen LogP contribution >= 0.6 is 0 Å². The monoisotopic (exact) mass is 126 g/mol. The number of ether oxygens (including phenoxy) is 1. The molecule has 0 aliphatic heterocycles. The van der Waals surface area contributed by atoms with Crippen LogP contribution in [0.25, 0.3) is 0 Å². The summed E-state index contributed by atoms with van der Waals surface area (Å²) in [7, 11) is 1.56. The van der Waals surface area contributed by atoms with Crippen molar-refractivity contribution in [1.29, 1.82) is 0 Å². The van der Waals surface area contributed by atoms with E-state index >= 15 is 0 Å². The first-order chi connectivity index (χ1) is 4.34. The lowest BCUT2D eigenvalue weighted by Crippen LogP contribution is -1.93. The summed E-state index contributed by atoms with van der Waals surface area (Å²) in [5, 5.41) is 0. The van der Waals surface area contributed by atoms with E-state index < -0.39 is 0 Å². The molecule has 0 saturated heterocycles. The molecule has 1 heterocycles. The molecule has 0 aromatic carbocycles. The van der Waals surface area contributed by atoms with Crippen LogP contribution in [0.3, 0.4) is 0 Å². The molecular weight excluding hydrogens is 116 g/mol. The Morgan fingerprint density at radius 2 is 2.56 bits per heavy atom. The highest BCUT2D eigenvalue weighted by molar-refractivity contribution is 5.44. The van der Waals surface area contributed by atoms with Gasteiger partial charge in [0.15, 0.2) is 11.6 Å². The minimum atomic E-state index is 0. The maximum Gasteiger partial charge on any atom is 0.166 e. The molecule has 1 rings (SSSR count). The van der Waals surface area contributed by atoms with Crippen LogP contribution in [0.5, 0.6) is 5.75 Å². The van der Waals surface area contributed by atoms with Crippen molar-refractivity contribution in [2.75, 3.05) is 12.8 Å². The molecule has 0 atom stereocenters. The summed E-state index contributed by atoms with van der Waals surface area (Å²) < 4.78 is 4.86. The van der Waals surface area contributed by atoms with Crippen LogP contribution in [0.4, 0.5) is 5.82 Å². The lowest BCUT2D eigenvalue weighted by molar-refractivity contribution is 0.415. The van der Waals surface area contributed by atoms with E-state index in [0.717, 1.165) is 0 Å². The van der Waals surface area contributed by atoms with Crippen molar-refractivity contribution in [1.82, 2.24) is 4.98 Å². The van der Waals surface area contributed by atoms with Crippen molar-refractivity contribution in [2.24, 2.45) is 0 Å². The summed E-state index contributed by atoms with van der Waals surface area (Å²) in [6, 6.07) is 3.54. The van der Waals surface area contributed by atoms with Gasteiger partial charge >= 0.3 is 0 Å². The molecule has 0 aliphatic carbocycles. The van der Waals surface area contributed by atoms with Gasteiger partial charge in [-0.05, 0) is 12.1 Å². The maximum absolute atomic E-state index is 5.39. The second-order valence-electron chi connectivity index (χ2n) is 1.59. The molecule has 2 N–H and O–H groups in total. The minimum absolute atomic E-state index is 0. The number of hydrogen-bond acceptors (Lipinski definition) is 3. The SMILES string of the molecule is COc1cccnc1N.[HH]. The van der Waals surface area contributed by atoms with Crippen molar-refractivity contribution >= 4 is 5.82 Å². The molecule has 0 saturated carbocycles. The first kappa shape index (κ1) is 5.88. The largest absolute Gasteiger partial charge is 0.493 e. The summed E-state index contributed by atoms with van der Waals surface area (Å²) in [5.74, 6) is 1.05. The van der Waals surface area contributed by atoms with Gasteiger partial charge in [0.25, 0.3) is 0 Å². The second kappa shape index (κ2) is 2.35. The predicted molar refractivity (Wildman–Crippen MR) is 37.3 cm³/mol. The Bertz CT molecular complexity index is 205. The summed E-state index contributed by atoms with van der Waals surface area (Å²) in [6.07, 6.45) is 1.62. The molecule has 1 aromatic rings. The molecule has 0 radical (unpaired) electrons. The van der Waals surface area contributed by atoms with Gasteiger partial charge in [0, 0.05) is 7.62 Å². The minimum Gasteiger partial charge on any atom is -0.493 e. The highest BCUT2D eigenvalue weighted by Crippen LogP contribution is 2.14. The van der Waals surface area contributed by atoms with Crippen molar-refractivity contribution in [2.45, 2.75) is 0 Å². The second-order valence-corrected chi connectivity index (χ2v) is 1.59. The quantitative estimate of drug-likeness (QED) is 0.608. The average Bonchev–Trinajstić information content (AvgIpc) is 1.89. The topological polar surface area (TPSA) is 48.1 Å². The lowest BCUT2D eigenvalue weighted by atomic mass is 10.4. The van der Waals surface area contributed by atoms with Gasteiger partial charge in [-0.15, -0.1) is 0 Å². The van der Waals surface area contributed by atoms with E-state index in [0.29, 0.717) is 11.6 Å². The van der Waals surface area contributed by atoms with Crippen LogP contribution in [0.2, 0.25) is 0 Å². The molecule has 0 unspecified atom stereocenters. The summed E-state index contributed by atoms with van der Waals surface area (Å²) in [5.41, 5.74) is 5.39. The van der Waals surface area contributed by atoms with E-state index in [-0.39, 0.29) is 1.43 Å². The zero-order valence-electron chi connectivity index (χ0n) is 5.16. The summed E-state index contributed by atoms with van der Waals surface area (Å²) in [6.45, 7) is 0. The van der Waals surface area contributed by atoms with E-state index in [1.165, 1.54) is 0 Å². The molecule has 0 spiro atoms. The highest BCUT2D eigenvalue weighted by atomic mass is 16.5. The number of anilines is 1. The smallest absolute Gasteiger partial charge is 0.166 e. The van der Waals surface area contributed by atoms with E-state index in [1.807, 2.05) is 0 Å². The number of methoxy groups -OCH3 is 1. The van der Waals surface area contributed by atoms with E-state index in [2.05, 4.69) is 4.98 Å². The molecule has 9 heavy (non-hydrogen) atoms. The molecule has 0 bridgehead atoms. The van der Waals surface area contributed by atoms with Crippen LogP contribution in [-0.2, 0) is 0 Å². The number of hydrogen-bond donors (Lipinski definition) is 1. The average molecular weight is 126 g/mol. The van der Waals surface area contributed by atoms with Gasteiger partial charge in [0.05, 0.1) is 7.11 Å². The highest BCUT2D eigenvalue weighted by Gasteiger charge is 1.93. The standard InChI is InChI=1S/C6H8N2O.H2/c1-9-5-3-2-4-8-6(5)7;/h2-4H,1H3,(H2,7,8);1H. The van der Waals surface area contributed by atoms with Crippen molar-refractivity contribution in [3.05, 3.63) is 18.3 Å². The fourth-order valence-corrected chi connectivity index (χ4v) is 0.575. The van der Waals surface area contributed by atoms with Crippen LogP contribution in [0.15, 0.2) is 18.3 Å². The van der Waals surface area contributed by atoms with Crippen molar-refractivity contribution in [3.8, 4) is 5.75 Å². The Morgan fingerprint density at radius 3 is 3.00 bits per heavy atom. The van der Waals surface area contributed by atoms with E-state index in [9.17, 15) is 0 Å². The fraction of sp³-hybridized carbons (Fsp3) is 0.167. The fourth-order valence-electron chi connectivity index (χ4n) is 0.575. The molecule has 3 nitrogen and oxygen atoms in total. The van der Waals surface area contributed by atoms with Gasteiger partial charge in [-0.2, -0.15) is 0 Å². The maximum atomic E-state index is 5.39. The Morgan fingerprint density at radius 1 is 1.78 bits per heavy atom. The number of nitrogen functional groups attached to an aromatic ring is 1. The van der Waals surface area contributed by atoms with Crippen LogP contribution in [0.1, 0.15) is 1.43 Å². The Hall–Kier alpha value is -1.25. The normalized spacial score (nSPS) is 9.00. The van der Waals surface area contributed by atoms with Gasteiger partial charge < -0.3 is 10.5 Å². The van der Waals surface area contributed by atoms with Gasteiger partial charge in [0.1, 0.15) is 0 Å². The first-order valence-corrected chi connectivity index (χ1v) is 2.59. The zero-order valence-corrected chi connectivity index (χ0v) is 5.16. The number of nitrogens with zero attached hydrogens (tertiary/aromatic N) is 1. The van der Waals surface area contributed by atoms with Crippen LogP contribution in [-0.4, -0.2) is 12.1 Å². The third kappa shape index (κ3) is 1.10. The molecule has 50 valence electrons. The number of rotatable bonds is 1. The number of aromatic nitrogens is 1. The van der Waals surface area contributed by atoms with Crippen molar-refractivity contribution in [3.63, 3.8) is 0 Å². The van der Waals surface area contributed by atoms with E-state index in [1.54, 1.807) is 25.4 Å². The predicted octanol–water partition coefficient (Wildman–Crippen LogP) is 0.918. The molecule has 0 fully saturated rings. The third-order valence-corrected chi connectivity index (χ3v) is 1.02. The van der Waals surface area contributed by atoms with Gasteiger partial charge in [0.2, 0.25) is 0 Å². The summed E-state index contributed by atoms with van der Waals surface area (Å²) in [4.78, 5) is 3.80. The van der Waals surface area contributed by atoms with Gasteiger partial charge in [-0.3, -0.25) is 0 Å².